The molecule has 0 atom stereocenters. The number of carbonyl (C=O) groups excluding carboxylic acids is 1. The summed E-state index contributed by atoms with van der Waals surface area (Å²) in [4.78, 5) is 28.8. The monoisotopic (exact) mass is 450 g/mol. The molecule has 0 saturated carbocycles. The maximum atomic E-state index is 9.86. The third-order valence-electron chi connectivity index (χ3n) is 0.341. The van der Waals surface area contributed by atoms with E-state index in [1.54, 1.807) is 0 Å². The fraction of sp³-hybridized carbons (Fsp3) is 0. The Morgan fingerprint density at radius 2 is 1.07 bits per heavy atom. The molecule has 64 valence electrons. The van der Waals surface area contributed by atoms with Crippen LogP contribution in [0.2, 0.25) is 0 Å². The van der Waals surface area contributed by atoms with Crippen LogP contribution in [0.3, 0.4) is 0 Å². The Bertz CT molecular complexity index is 176. The van der Waals surface area contributed by atoms with Gasteiger partial charge in [0, 0.05) is 39.0 Å². The van der Waals surface area contributed by atoms with E-state index < -0.39 is 18.5 Å². The first-order valence-electron chi connectivity index (χ1n) is 1.88. The minimum absolute atomic E-state index is 0. The second kappa shape index (κ2) is 18.4. The van der Waals surface area contributed by atoms with Crippen LogP contribution in [0.15, 0.2) is 0 Å². The molecule has 0 aliphatic carbocycles. The number of hydrogen-bond donors (Lipinski definition) is 2. The molecule has 7 nitrogen and oxygen atoms in total. The molecule has 0 radical (unpaired) electrons. The molecular formula is C3H4O7Rb2Zn2. The van der Waals surface area contributed by atoms with Crippen molar-refractivity contribution in [2.24, 2.45) is 0 Å². The predicted molar refractivity (Wildman–Crippen MR) is 25.8 cm³/mol. The third kappa shape index (κ3) is 24.3. The molecule has 0 aliphatic heterocycles. The average Bonchev–Trinajstić information content (AvgIpc) is 1.58. The molecule has 0 aromatic rings. The zero-order valence-electron chi connectivity index (χ0n) is 9.85. The van der Waals surface area contributed by atoms with Gasteiger partial charge in [0.1, 0.15) is 0 Å². The molecule has 0 rings (SSSR count). The normalized spacial score (nSPS) is 5.71. The Kier molecular flexibility index (Phi) is 39.8. The largest absolute Gasteiger partial charge is 1.00 e. The molecule has 0 heterocycles. The standard InChI is InChI=1S/C3H2O7.2Rb.2Zn.2H/c4-1(5)9-3(8)10-2(6)7;;;;;;/h(H,4,5)(H,6,7);;;;;;/q;2*+1;;;2*-1. The van der Waals surface area contributed by atoms with E-state index in [9.17, 15) is 14.4 Å². The van der Waals surface area contributed by atoms with Crippen molar-refractivity contribution in [2.75, 3.05) is 0 Å². The fourth-order valence-electron chi connectivity index (χ4n) is 0.163. The quantitative estimate of drug-likeness (QED) is 0.214. The summed E-state index contributed by atoms with van der Waals surface area (Å²) in [5.74, 6) is 0. The van der Waals surface area contributed by atoms with E-state index in [2.05, 4.69) is 9.47 Å². The van der Waals surface area contributed by atoms with Crippen LogP contribution in [0.5, 0.6) is 0 Å². The van der Waals surface area contributed by atoms with Gasteiger partial charge in [0.25, 0.3) is 0 Å². The van der Waals surface area contributed by atoms with E-state index in [4.69, 9.17) is 10.2 Å². The van der Waals surface area contributed by atoms with Crippen molar-refractivity contribution in [1.82, 2.24) is 0 Å². The van der Waals surface area contributed by atoms with Crippen molar-refractivity contribution in [2.45, 2.75) is 0 Å². The van der Waals surface area contributed by atoms with Crippen LogP contribution < -0.4 is 116 Å². The summed E-state index contributed by atoms with van der Waals surface area (Å²) in [7, 11) is 0. The smallest absolute Gasteiger partial charge is 1.00 e. The summed E-state index contributed by atoms with van der Waals surface area (Å²) in [6.45, 7) is 0. The van der Waals surface area contributed by atoms with Gasteiger partial charge in [-0.2, -0.15) is 0 Å². The van der Waals surface area contributed by atoms with Crippen LogP contribution in [-0.2, 0) is 48.4 Å². The first kappa shape index (κ1) is 30.3. The number of ether oxygens (including phenoxy) is 2. The molecule has 0 aliphatic rings. The van der Waals surface area contributed by atoms with Crippen LogP contribution in [0.4, 0.5) is 14.4 Å². The Hall–Kier alpha value is 3.07. The number of rotatable bonds is 0. The van der Waals surface area contributed by atoms with Crippen LogP contribution >= 0.6 is 0 Å². The topological polar surface area (TPSA) is 110 Å². The third-order valence-corrected chi connectivity index (χ3v) is 0.341. The zero-order valence-corrected chi connectivity index (χ0v) is 23.6. The molecule has 0 bridgehead atoms. The molecule has 11 heteroatoms. The van der Waals surface area contributed by atoms with Crippen molar-refractivity contribution in [3.63, 3.8) is 0 Å². The first-order valence-corrected chi connectivity index (χ1v) is 1.88. The maximum Gasteiger partial charge on any atom is 1.00 e. The van der Waals surface area contributed by atoms with Crippen LogP contribution in [0.1, 0.15) is 2.85 Å². The molecule has 0 saturated heterocycles. The summed E-state index contributed by atoms with van der Waals surface area (Å²) < 4.78 is 6.47. The van der Waals surface area contributed by atoms with Crippen LogP contribution in [0, 0.1) is 0 Å². The Labute approximate surface area is 205 Å². The van der Waals surface area contributed by atoms with Gasteiger partial charge in [-0.1, -0.05) is 0 Å². The van der Waals surface area contributed by atoms with Crippen molar-refractivity contribution in [3.8, 4) is 0 Å². The van der Waals surface area contributed by atoms with Gasteiger partial charge in [0.05, 0.1) is 0 Å². The Morgan fingerprint density at radius 3 is 1.21 bits per heavy atom. The summed E-state index contributed by atoms with van der Waals surface area (Å²) in [5, 5.41) is 15.4. The van der Waals surface area contributed by atoms with E-state index in [1.165, 1.54) is 0 Å². The van der Waals surface area contributed by atoms with Gasteiger partial charge in [0.15, 0.2) is 0 Å². The van der Waals surface area contributed by atoms with Crippen molar-refractivity contribution in [1.29, 1.82) is 0 Å². The minimum atomic E-state index is -1.92. The van der Waals surface area contributed by atoms with Gasteiger partial charge in [-0.05, 0) is 0 Å². The second-order valence-electron chi connectivity index (χ2n) is 0.986. The number of carboxylic acid groups (broad SMARTS) is 2. The molecular weight excluding hydrogens is 450 g/mol. The average molecular weight is 454 g/mol. The minimum Gasteiger partial charge on any atom is -1.00 e. The van der Waals surface area contributed by atoms with Crippen molar-refractivity contribution in [3.05, 3.63) is 0 Å². The van der Waals surface area contributed by atoms with Crippen LogP contribution in [-0.4, -0.2) is 28.7 Å². The molecule has 0 unspecified atom stereocenters. The molecule has 0 amide bonds. The molecule has 14 heavy (non-hydrogen) atoms. The SMILES string of the molecule is O=C(O)OC(=O)OC(=O)O.[H-].[H-].[Rb+].[Rb+].[Zn].[Zn]. The Balaban J connectivity index is -0.0000000270. The molecule has 0 aromatic heterocycles. The Morgan fingerprint density at radius 1 is 0.857 bits per heavy atom. The van der Waals surface area contributed by atoms with E-state index >= 15 is 0 Å². The van der Waals surface area contributed by atoms with Crippen LogP contribution in [0.25, 0.3) is 0 Å². The first-order chi connectivity index (χ1) is 4.52. The van der Waals surface area contributed by atoms with E-state index in [1.807, 2.05) is 0 Å². The molecule has 0 fully saturated rings. The predicted octanol–water partition coefficient (Wildman–Crippen LogP) is -5.28. The summed E-state index contributed by atoms with van der Waals surface area (Å²) in [6, 6.07) is 0. The van der Waals surface area contributed by atoms with Gasteiger partial charge < -0.3 is 22.5 Å². The summed E-state index contributed by atoms with van der Waals surface area (Å²) in [6.07, 6.45) is -5.64. The van der Waals surface area contributed by atoms with E-state index in [0.29, 0.717) is 0 Å². The zero-order chi connectivity index (χ0) is 8.15. The van der Waals surface area contributed by atoms with Gasteiger partial charge in [-0.15, -0.1) is 0 Å². The van der Waals surface area contributed by atoms with E-state index in [-0.39, 0.29) is 158 Å². The molecule has 0 spiro atoms. The van der Waals surface area contributed by atoms with Crippen molar-refractivity contribution < 1.29 is 192 Å². The van der Waals surface area contributed by atoms with Gasteiger partial charge >= 0.3 is 135 Å². The summed E-state index contributed by atoms with van der Waals surface area (Å²) >= 11 is 0. The van der Waals surface area contributed by atoms with Gasteiger partial charge in [-0.3, -0.25) is 0 Å². The van der Waals surface area contributed by atoms with Crippen molar-refractivity contribution >= 4 is 18.5 Å². The second-order valence-corrected chi connectivity index (χ2v) is 0.986. The number of hydrogen-bond acceptors (Lipinski definition) is 5. The van der Waals surface area contributed by atoms with E-state index in [0.717, 1.165) is 0 Å². The maximum absolute atomic E-state index is 9.86. The summed E-state index contributed by atoms with van der Waals surface area (Å²) in [5.41, 5.74) is 0. The molecule has 0 aromatic carbocycles. The van der Waals surface area contributed by atoms with Gasteiger partial charge in [-0.25, -0.2) is 14.4 Å². The molecule has 2 N–H and O–H groups in total. The fourth-order valence-corrected chi connectivity index (χ4v) is 0.163. The van der Waals surface area contributed by atoms with Gasteiger partial charge in [0.2, 0.25) is 0 Å². The number of carbonyl (C=O) groups is 3.